The lowest BCUT2D eigenvalue weighted by molar-refractivity contribution is 0.198. The van der Waals surface area contributed by atoms with Crippen LogP contribution in [-0.4, -0.2) is 34.5 Å². The van der Waals surface area contributed by atoms with Crippen LogP contribution in [0.4, 0.5) is 4.39 Å². The summed E-state index contributed by atoms with van der Waals surface area (Å²) in [5, 5.41) is 8.52. The summed E-state index contributed by atoms with van der Waals surface area (Å²) in [6.45, 7) is 5.87. The molecule has 8 heteroatoms. The summed E-state index contributed by atoms with van der Waals surface area (Å²) in [6, 6.07) is 6.20. The molecule has 1 atom stereocenters. The molecular formula is C19H24FN5OS. The molecule has 27 heavy (non-hydrogen) atoms. The first-order valence-electron chi connectivity index (χ1n) is 9.03. The van der Waals surface area contributed by atoms with E-state index in [9.17, 15) is 4.39 Å². The summed E-state index contributed by atoms with van der Waals surface area (Å²) in [4.78, 5) is 10.1. The summed E-state index contributed by atoms with van der Waals surface area (Å²) in [7, 11) is 0. The van der Waals surface area contributed by atoms with Crippen molar-refractivity contribution < 1.29 is 9.13 Å². The van der Waals surface area contributed by atoms with Crippen LogP contribution in [0.1, 0.15) is 26.0 Å². The number of nitrogens with one attached hydrogen (secondary N) is 2. The number of hydrogen-bond donors (Lipinski definition) is 2. The molecule has 6 nitrogen and oxygen atoms in total. The first kappa shape index (κ1) is 19.2. The predicted molar refractivity (Wildman–Crippen MR) is 107 cm³/mol. The zero-order valence-corrected chi connectivity index (χ0v) is 16.3. The number of imidazole rings is 1. The van der Waals surface area contributed by atoms with Crippen LogP contribution >= 0.6 is 11.3 Å². The van der Waals surface area contributed by atoms with E-state index < -0.39 is 0 Å². The normalized spacial score (nSPS) is 12.9. The minimum Gasteiger partial charge on any atom is -0.489 e. The molecule has 1 aromatic carbocycles. The predicted octanol–water partition coefficient (Wildman–Crippen LogP) is 3.45. The molecule has 0 amide bonds. The second-order valence-corrected chi connectivity index (χ2v) is 6.88. The van der Waals surface area contributed by atoms with E-state index >= 15 is 0 Å². The molecular weight excluding hydrogens is 365 g/mol. The zero-order valence-electron chi connectivity index (χ0n) is 15.5. The topological polar surface area (TPSA) is 63.0 Å². The van der Waals surface area contributed by atoms with Crippen molar-refractivity contribution in [3.63, 3.8) is 0 Å². The van der Waals surface area contributed by atoms with Crippen molar-refractivity contribution in [1.29, 1.82) is 0 Å². The number of ether oxygens (including phenoxy) is 1. The van der Waals surface area contributed by atoms with Gasteiger partial charge in [-0.15, -0.1) is 11.3 Å². The average molecular weight is 390 g/mol. The molecule has 3 aromatic rings. The number of halogens is 1. The van der Waals surface area contributed by atoms with Gasteiger partial charge in [-0.2, -0.15) is 0 Å². The molecule has 1 unspecified atom stereocenters. The van der Waals surface area contributed by atoms with Crippen molar-refractivity contribution >= 4 is 22.3 Å². The SMILES string of the molecule is CCNC(=NCc1cn2ccsc2n1)NCC(CC)Oc1cccc(F)c1. The highest BCUT2D eigenvalue weighted by molar-refractivity contribution is 7.15. The Morgan fingerprint density at radius 3 is 3.00 bits per heavy atom. The van der Waals surface area contributed by atoms with E-state index in [4.69, 9.17) is 4.74 Å². The van der Waals surface area contributed by atoms with Gasteiger partial charge in [-0.25, -0.2) is 14.4 Å². The largest absolute Gasteiger partial charge is 0.489 e. The van der Waals surface area contributed by atoms with Gasteiger partial charge in [-0.1, -0.05) is 13.0 Å². The zero-order chi connectivity index (χ0) is 19.1. The van der Waals surface area contributed by atoms with Crippen LogP contribution < -0.4 is 15.4 Å². The fraction of sp³-hybridized carbons (Fsp3) is 0.368. The van der Waals surface area contributed by atoms with E-state index in [1.165, 1.54) is 12.1 Å². The van der Waals surface area contributed by atoms with Gasteiger partial charge >= 0.3 is 0 Å². The van der Waals surface area contributed by atoms with Gasteiger partial charge in [0.15, 0.2) is 10.9 Å². The van der Waals surface area contributed by atoms with E-state index in [-0.39, 0.29) is 11.9 Å². The Morgan fingerprint density at radius 1 is 1.37 bits per heavy atom. The molecule has 0 saturated heterocycles. The van der Waals surface area contributed by atoms with Gasteiger partial charge in [0.1, 0.15) is 17.7 Å². The number of hydrogen-bond acceptors (Lipinski definition) is 4. The Hall–Kier alpha value is -2.61. The Morgan fingerprint density at radius 2 is 2.26 bits per heavy atom. The van der Waals surface area contributed by atoms with E-state index in [0.717, 1.165) is 23.6 Å². The molecule has 2 N–H and O–H groups in total. The highest BCUT2D eigenvalue weighted by Crippen LogP contribution is 2.15. The molecule has 0 bridgehead atoms. The number of thiazole rings is 1. The first-order chi connectivity index (χ1) is 13.2. The van der Waals surface area contributed by atoms with Crippen molar-refractivity contribution in [2.75, 3.05) is 13.1 Å². The van der Waals surface area contributed by atoms with Crippen LogP contribution in [0.15, 0.2) is 47.0 Å². The summed E-state index contributed by atoms with van der Waals surface area (Å²) in [5.41, 5.74) is 0.919. The van der Waals surface area contributed by atoms with Crippen molar-refractivity contribution in [2.45, 2.75) is 32.9 Å². The summed E-state index contributed by atoms with van der Waals surface area (Å²) >= 11 is 1.60. The molecule has 0 aliphatic heterocycles. The fourth-order valence-corrected chi connectivity index (χ4v) is 3.29. The standard InChI is InChI=1S/C19H24FN5OS/c1-3-16(26-17-7-5-6-14(20)10-17)12-23-18(21-4-2)22-11-15-13-25-8-9-27-19(25)24-15/h5-10,13,16H,3-4,11-12H2,1-2H3,(H2,21,22,23). The van der Waals surface area contributed by atoms with Gasteiger partial charge in [-0.3, -0.25) is 4.40 Å². The minimum atomic E-state index is -0.301. The quantitative estimate of drug-likeness (QED) is 0.458. The molecule has 0 aliphatic rings. The number of aliphatic imine (C=N–C) groups is 1. The minimum absolute atomic E-state index is 0.0893. The van der Waals surface area contributed by atoms with Crippen LogP contribution in [0.5, 0.6) is 5.75 Å². The second kappa shape index (κ2) is 9.36. The number of aromatic nitrogens is 2. The van der Waals surface area contributed by atoms with Crippen LogP contribution in [0.2, 0.25) is 0 Å². The van der Waals surface area contributed by atoms with E-state index in [0.29, 0.717) is 24.8 Å². The lowest BCUT2D eigenvalue weighted by Gasteiger charge is -2.20. The molecule has 0 saturated carbocycles. The van der Waals surface area contributed by atoms with Gasteiger partial charge in [0, 0.05) is 30.4 Å². The third-order valence-electron chi connectivity index (χ3n) is 3.94. The Kier molecular flexibility index (Phi) is 6.64. The van der Waals surface area contributed by atoms with Crippen LogP contribution in [0, 0.1) is 5.82 Å². The summed E-state index contributed by atoms with van der Waals surface area (Å²) in [5.74, 6) is 0.934. The smallest absolute Gasteiger partial charge is 0.193 e. The van der Waals surface area contributed by atoms with Crippen molar-refractivity contribution in [1.82, 2.24) is 20.0 Å². The molecule has 0 fully saturated rings. The van der Waals surface area contributed by atoms with E-state index in [1.54, 1.807) is 23.5 Å². The summed E-state index contributed by atoms with van der Waals surface area (Å²) < 4.78 is 21.2. The third kappa shape index (κ3) is 5.43. The first-order valence-corrected chi connectivity index (χ1v) is 9.91. The maximum absolute atomic E-state index is 13.3. The molecule has 0 radical (unpaired) electrons. The van der Waals surface area contributed by atoms with Gasteiger partial charge in [0.25, 0.3) is 0 Å². The van der Waals surface area contributed by atoms with Crippen molar-refractivity contribution in [3.8, 4) is 5.75 Å². The second-order valence-electron chi connectivity index (χ2n) is 6.01. The van der Waals surface area contributed by atoms with Gasteiger partial charge < -0.3 is 15.4 Å². The van der Waals surface area contributed by atoms with Crippen molar-refractivity contribution in [3.05, 3.63) is 53.6 Å². The maximum atomic E-state index is 13.3. The number of fused-ring (bicyclic) bond motifs is 1. The number of nitrogens with zero attached hydrogens (tertiary/aromatic N) is 3. The van der Waals surface area contributed by atoms with Gasteiger partial charge in [-0.05, 0) is 25.5 Å². The highest BCUT2D eigenvalue weighted by atomic mass is 32.1. The third-order valence-corrected chi connectivity index (χ3v) is 4.71. The lowest BCUT2D eigenvalue weighted by atomic mass is 10.2. The molecule has 0 aliphatic carbocycles. The Labute approximate surface area is 162 Å². The number of benzene rings is 1. The lowest BCUT2D eigenvalue weighted by Crippen LogP contribution is -2.42. The Balaban J connectivity index is 1.57. The van der Waals surface area contributed by atoms with Crippen LogP contribution in [0.25, 0.3) is 4.96 Å². The van der Waals surface area contributed by atoms with Crippen molar-refractivity contribution in [2.24, 2.45) is 4.99 Å². The average Bonchev–Trinajstić information content (AvgIpc) is 3.24. The monoisotopic (exact) mass is 389 g/mol. The molecule has 144 valence electrons. The highest BCUT2D eigenvalue weighted by Gasteiger charge is 2.10. The van der Waals surface area contributed by atoms with Gasteiger partial charge in [0.2, 0.25) is 0 Å². The molecule has 3 rings (SSSR count). The Bertz CT molecular complexity index is 862. The molecule has 2 heterocycles. The molecule has 0 spiro atoms. The molecule has 2 aromatic heterocycles. The van der Waals surface area contributed by atoms with Crippen LogP contribution in [-0.2, 0) is 6.54 Å². The fourth-order valence-electron chi connectivity index (χ4n) is 2.57. The van der Waals surface area contributed by atoms with E-state index in [2.05, 4.69) is 20.6 Å². The number of rotatable bonds is 8. The van der Waals surface area contributed by atoms with Gasteiger partial charge in [0.05, 0.1) is 18.8 Å². The van der Waals surface area contributed by atoms with Crippen LogP contribution in [0.3, 0.4) is 0 Å². The maximum Gasteiger partial charge on any atom is 0.193 e. The number of guanidine groups is 1. The van der Waals surface area contributed by atoms with E-state index in [1.807, 2.05) is 36.0 Å². The summed E-state index contributed by atoms with van der Waals surface area (Å²) in [6.07, 6.45) is 4.67.